The molecule has 3 rings (SSSR count). The van der Waals surface area contributed by atoms with E-state index >= 15 is 0 Å². The van der Waals surface area contributed by atoms with Crippen LogP contribution in [-0.4, -0.2) is 65.4 Å². The van der Waals surface area contributed by atoms with Gasteiger partial charge in [0.2, 0.25) is 5.91 Å². The lowest BCUT2D eigenvalue weighted by Gasteiger charge is -2.20. The molecule has 0 fully saturated rings. The number of fused-ring (bicyclic) bond motifs is 3. The highest BCUT2D eigenvalue weighted by Gasteiger charge is 2.29. The normalized spacial score (nSPS) is 12.8. The van der Waals surface area contributed by atoms with Crippen LogP contribution in [0.2, 0.25) is 0 Å². The SMILES string of the molecule is C#CCN(CC(=O)O)C(=O)CC(O)CNC(=O)OCC1c2ccccc2-c2ccccc21. The number of carboxylic acids is 1. The van der Waals surface area contributed by atoms with Crippen LogP contribution in [0, 0.1) is 12.3 Å². The number of aliphatic carboxylic acids is 1. The first-order valence-corrected chi connectivity index (χ1v) is 10.1. The molecule has 0 aromatic heterocycles. The lowest BCUT2D eigenvalue weighted by molar-refractivity contribution is -0.144. The highest BCUT2D eigenvalue weighted by molar-refractivity contribution is 5.82. The zero-order valence-corrected chi connectivity index (χ0v) is 17.4. The van der Waals surface area contributed by atoms with Gasteiger partial charge >= 0.3 is 12.1 Å². The van der Waals surface area contributed by atoms with E-state index in [0.717, 1.165) is 27.2 Å². The molecule has 1 aliphatic rings. The third-order valence-electron chi connectivity index (χ3n) is 5.20. The van der Waals surface area contributed by atoms with Crippen LogP contribution in [-0.2, 0) is 14.3 Å². The number of carboxylic acid groups (broad SMARTS) is 1. The Morgan fingerprint density at radius 1 is 1.09 bits per heavy atom. The lowest BCUT2D eigenvalue weighted by atomic mass is 9.98. The second-order valence-electron chi connectivity index (χ2n) is 7.41. The van der Waals surface area contributed by atoms with E-state index < -0.39 is 30.6 Å². The number of nitrogens with zero attached hydrogens (tertiary/aromatic N) is 1. The summed E-state index contributed by atoms with van der Waals surface area (Å²) in [6, 6.07) is 15.9. The molecule has 32 heavy (non-hydrogen) atoms. The minimum Gasteiger partial charge on any atom is -0.480 e. The van der Waals surface area contributed by atoms with Crippen LogP contribution in [0.4, 0.5) is 4.79 Å². The van der Waals surface area contributed by atoms with Crippen molar-refractivity contribution in [3.63, 3.8) is 0 Å². The highest BCUT2D eigenvalue weighted by atomic mass is 16.5. The number of alkyl carbamates (subject to hydrolysis) is 1. The molecule has 1 unspecified atom stereocenters. The number of amides is 2. The van der Waals surface area contributed by atoms with E-state index in [1.165, 1.54) is 0 Å². The largest absolute Gasteiger partial charge is 0.480 e. The number of carbonyl (C=O) groups is 3. The highest BCUT2D eigenvalue weighted by Crippen LogP contribution is 2.44. The molecule has 0 bridgehead atoms. The molecule has 0 saturated carbocycles. The van der Waals surface area contributed by atoms with Gasteiger partial charge in [0.1, 0.15) is 13.2 Å². The Labute approximate surface area is 185 Å². The molecule has 0 radical (unpaired) electrons. The second-order valence-corrected chi connectivity index (χ2v) is 7.41. The summed E-state index contributed by atoms with van der Waals surface area (Å²) >= 11 is 0. The number of terminal acetylenes is 1. The van der Waals surface area contributed by atoms with Crippen molar-refractivity contribution < 1.29 is 29.3 Å². The maximum atomic E-state index is 12.2. The first kappa shape index (κ1) is 22.8. The van der Waals surface area contributed by atoms with Crippen LogP contribution >= 0.6 is 0 Å². The number of hydrogen-bond acceptors (Lipinski definition) is 5. The van der Waals surface area contributed by atoms with Crippen LogP contribution in [0.5, 0.6) is 0 Å². The summed E-state index contributed by atoms with van der Waals surface area (Å²) in [7, 11) is 0. The number of hydrogen-bond donors (Lipinski definition) is 3. The number of rotatable bonds is 9. The van der Waals surface area contributed by atoms with Crippen molar-refractivity contribution >= 4 is 18.0 Å². The maximum Gasteiger partial charge on any atom is 0.407 e. The minimum absolute atomic E-state index is 0.0898. The van der Waals surface area contributed by atoms with Crippen molar-refractivity contribution in [1.82, 2.24) is 10.2 Å². The molecule has 1 atom stereocenters. The summed E-state index contributed by atoms with van der Waals surface area (Å²) in [5, 5.41) is 21.3. The minimum atomic E-state index is -1.21. The predicted molar refractivity (Wildman–Crippen MR) is 117 cm³/mol. The molecule has 0 saturated heterocycles. The van der Waals surface area contributed by atoms with Gasteiger partial charge in [-0.1, -0.05) is 54.5 Å². The number of nitrogens with one attached hydrogen (secondary N) is 1. The van der Waals surface area contributed by atoms with Crippen molar-refractivity contribution in [2.24, 2.45) is 0 Å². The average molecular weight is 436 g/mol. The van der Waals surface area contributed by atoms with E-state index in [4.69, 9.17) is 16.3 Å². The Hall–Kier alpha value is -3.83. The van der Waals surface area contributed by atoms with Gasteiger partial charge in [0.25, 0.3) is 0 Å². The van der Waals surface area contributed by atoms with Crippen molar-refractivity contribution in [1.29, 1.82) is 0 Å². The molecule has 8 heteroatoms. The van der Waals surface area contributed by atoms with E-state index in [2.05, 4.69) is 11.2 Å². The quantitative estimate of drug-likeness (QED) is 0.517. The summed E-state index contributed by atoms with van der Waals surface area (Å²) in [6.07, 6.45) is 2.84. The summed E-state index contributed by atoms with van der Waals surface area (Å²) in [5.74, 6) is 0.289. The molecule has 8 nitrogen and oxygen atoms in total. The van der Waals surface area contributed by atoms with Gasteiger partial charge in [0.15, 0.2) is 0 Å². The molecule has 2 aromatic rings. The predicted octanol–water partition coefficient (Wildman–Crippen LogP) is 1.82. The van der Waals surface area contributed by atoms with Gasteiger partial charge in [-0.3, -0.25) is 9.59 Å². The number of benzene rings is 2. The zero-order chi connectivity index (χ0) is 23.1. The summed E-state index contributed by atoms with van der Waals surface area (Å²) < 4.78 is 5.37. The zero-order valence-electron chi connectivity index (χ0n) is 17.4. The Morgan fingerprint density at radius 3 is 2.25 bits per heavy atom. The first-order chi connectivity index (χ1) is 15.4. The number of aliphatic hydroxyl groups excluding tert-OH is 1. The number of aliphatic hydroxyl groups is 1. The van der Waals surface area contributed by atoms with Gasteiger partial charge < -0.3 is 25.2 Å². The Balaban J connectivity index is 1.50. The first-order valence-electron chi connectivity index (χ1n) is 10.1. The Bertz CT molecular complexity index is 999. The maximum absolute atomic E-state index is 12.2. The van der Waals surface area contributed by atoms with E-state index in [1.54, 1.807) is 0 Å². The molecule has 3 N–H and O–H groups in total. The van der Waals surface area contributed by atoms with Crippen molar-refractivity contribution in [2.45, 2.75) is 18.4 Å². The fourth-order valence-electron chi connectivity index (χ4n) is 3.76. The average Bonchev–Trinajstić information content (AvgIpc) is 3.09. The number of carbonyl (C=O) groups excluding carboxylic acids is 2. The summed E-state index contributed by atoms with van der Waals surface area (Å²) in [6.45, 7) is -0.837. The number of ether oxygens (including phenoxy) is 1. The smallest absolute Gasteiger partial charge is 0.407 e. The molecule has 0 aliphatic heterocycles. The fourth-order valence-corrected chi connectivity index (χ4v) is 3.76. The standard InChI is InChI=1S/C24H24N2O6/c1-2-11-26(14-23(29)30)22(28)12-16(27)13-25-24(31)32-15-21-19-9-5-3-7-17(19)18-8-4-6-10-20(18)21/h1,3-10,16,21,27H,11-15H2,(H,25,31)(H,29,30). The topological polar surface area (TPSA) is 116 Å². The van der Waals surface area contributed by atoms with Crippen LogP contribution in [0.15, 0.2) is 48.5 Å². The van der Waals surface area contributed by atoms with Crippen LogP contribution in [0.3, 0.4) is 0 Å². The molecule has 166 valence electrons. The van der Waals surface area contributed by atoms with Crippen LogP contribution in [0.1, 0.15) is 23.5 Å². The van der Waals surface area contributed by atoms with Gasteiger partial charge in [-0.15, -0.1) is 6.42 Å². The molecular weight excluding hydrogens is 412 g/mol. The van der Waals surface area contributed by atoms with E-state index in [0.29, 0.717) is 0 Å². The molecule has 0 heterocycles. The van der Waals surface area contributed by atoms with Gasteiger partial charge in [0, 0.05) is 12.5 Å². The van der Waals surface area contributed by atoms with Gasteiger partial charge in [-0.25, -0.2) is 4.79 Å². The van der Waals surface area contributed by atoms with Gasteiger partial charge in [-0.05, 0) is 22.3 Å². The fraction of sp³-hybridized carbons (Fsp3) is 0.292. The van der Waals surface area contributed by atoms with Crippen molar-refractivity contribution in [3.8, 4) is 23.5 Å². The molecule has 2 amide bonds. The monoisotopic (exact) mass is 436 g/mol. The van der Waals surface area contributed by atoms with Crippen molar-refractivity contribution in [2.75, 3.05) is 26.2 Å². The van der Waals surface area contributed by atoms with Crippen LogP contribution < -0.4 is 5.32 Å². The van der Waals surface area contributed by atoms with Crippen molar-refractivity contribution in [3.05, 3.63) is 59.7 Å². The lowest BCUT2D eigenvalue weighted by Crippen LogP contribution is -2.40. The summed E-state index contributed by atoms with van der Waals surface area (Å²) in [4.78, 5) is 36.0. The van der Waals surface area contributed by atoms with E-state index in [9.17, 15) is 19.5 Å². The van der Waals surface area contributed by atoms with Gasteiger partial charge in [0.05, 0.1) is 19.1 Å². The third kappa shape index (κ3) is 5.45. The molecule has 0 spiro atoms. The summed E-state index contributed by atoms with van der Waals surface area (Å²) in [5.41, 5.74) is 4.39. The second kappa shape index (κ2) is 10.5. The van der Waals surface area contributed by atoms with Crippen LogP contribution in [0.25, 0.3) is 11.1 Å². The van der Waals surface area contributed by atoms with E-state index in [-0.39, 0.29) is 32.0 Å². The van der Waals surface area contributed by atoms with Gasteiger partial charge in [-0.2, -0.15) is 0 Å². The molecular formula is C24H24N2O6. The molecule has 1 aliphatic carbocycles. The van der Waals surface area contributed by atoms with E-state index in [1.807, 2.05) is 48.5 Å². The Kier molecular flexibility index (Phi) is 7.47. The molecule has 2 aromatic carbocycles. The Morgan fingerprint density at radius 2 is 1.69 bits per heavy atom. The third-order valence-corrected chi connectivity index (χ3v) is 5.20.